The zero-order valence-electron chi connectivity index (χ0n) is 45.4. The highest BCUT2D eigenvalue weighted by atomic mass is 32.1. The fourth-order valence-corrected chi connectivity index (χ4v) is 15.1. The Kier molecular flexibility index (Phi) is 19.2. The van der Waals surface area contributed by atoms with Crippen LogP contribution in [0.5, 0.6) is 0 Å². The molecule has 0 saturated carbocycles. The summed E-state index contributed by atoms with van der Waals surface area (Å²) in [6.07, 6.45) is 11.8. The number of unbranched alkanes of at least 4 members (excludes halogenated alkanes) is 6. The Morgan fingerprint density at radius 2 is 0.705 bits per heavy atom. The van der Waals surface area contributed by atoms with Crippen LogP contribution in [0.4, 0.5) is 0 Å². The van der Waals surface area contributed by atoms with Gasteiger partial charge in [0, 0.05) is 39.0 Å². The van der Waals surface area contributed by atoms with Crippen molar-refractivity contribution in [1.82, 2.24) is 0 Å². The first-order valence-corrected chi connectivity index (χ1v) is 30.9. The number of aryl methyl sites for hydroxylation is 2. The SMILES string of the molecule is CCCCCCc1cc(-c2ccccc2)sc1-c1ccc(-c2ccc(-c3sc(-c4ccc(C(c5ccc(C(=O)OCC)cc5)(c5ccc(C(=O)OCC)cc5)c5ccc(C(=O)OCC)cc5)cc4)cc3CCCCCC)s2)s1. The van der Waals surface area contributed by atoms with Crippen molar-refractivity contribution >= 4 is 63.3 Å². The summed E-state index contributed by atoms with van der Waals surface area (Å²) in [6.45, 7) is 10.7. The highest BCUT2D eigenvalue weighted by molar-refractivity contribution is 7.29. The van der Waals surface area contributed by atoms with Gasteiger partial charge in [0.15, 0.2) is 0 Å². The van der Waals surface area contributed by atoms with E-state index in [0.29, 0.717) is 16.7 Å². The molecule has 400 valence electrons. The summed E-state index contributed by atoms with van der Waals surface area (Å²) < 4.78 is 16.2. The van der Waals surface area contributed by atoms with E-state index in [2.05, 4.69) is 105 Å². The summed E-state index contributed by atoms with van der Waals surface area (Å²) in [5, 5.41) is 0. The molecule has 9 aromatic rings. The highest BCUT2D eigenvalue weighted by Gasteiger charge is 2.39. The zero-order chi connectivity index (χ0) is 54.4. The molecule has 5 aromatic carbocycles. The van der Waals surface area contributed by atoms with Crippen molar-refractivity contribution in [1.29, 1.82) is 0 Å². The van der Waals surface area contributed by atoms with Crippen molar-refractivity contribution in [2.45, 2.75) is 104 Å². The Bertz CT molecular complexity index is 3240. The second-order valence-electron chi connectivity index (χ2n) is 19.5. The van der Waals surface area contributed by atoms with Crippen molar-refractivity contribution in [2.24, 2.45) is 0 Å². The Morgan fingerprint density at radius 1 is 0.359 bits per heavy atom. The van der Waals surface area contributed by atoms with Gasteiger partial charge in [0.25, 0.3) is 0 Å². The van der Waals surface area contributed by atoms with Crippen LogP contribution in [0, 0.1) is 0 Å². The van der Waals surface area contributed by atoms with Crippen LogP contribution in [0.2, 0.25) is 0 Å². The lowest BCUT2D eigenvalue weighted by molar-refractivity contribution is 0.0517. The molecule has 10 heteroatoms. The van der Waals surface area contributed by atoms with Crippen LogP contribution in [0.15, 0.2) is 164 Å². The minimum atomic E-state index is -0.976. The van der Waals surface area contributed by atoms with E-state index in [-0.39, 0.29) is 19.8 Å². The van der Waals surface area contributed by atoms with Gasteiger partial charge in [-0.1, -0.05) is 143 Å². The molecule has 6 nitrogen and oxygen atoms in total. The number of carbonyl (C=O) groups is 3. The summed E-state index contributed by atoms with van der Waals surface area (Å²) in [5.74, 6) is -1.19. The van der Waals surface area contributed by atoms with Crippen molar-refractivity contribution in [3.8, 4) is 50.1 Å². The summed E-state index contributed by atoms with van der Waals surface area (Å²) in [7, 11) is 0. The Balaban J connectivity index is 1.10. The maximum Gasteiger partial charge on any atom is 0.338 e. The van der Waals surface area contributed by atoms with Gasteiger partial charge in [0.2, 0.25) is 0 Å². The third-order valence-electron chi connectivity index (χ3n) is 14.3. The lowest BCUT2D eigenvalue weighted by Gasteiger charge is -2.37. The molecule has 0 aliphatic heterocycles. The number of carbonyl (C=O) groups excluding carboxylic acids is 3. The normalized spacial score (nSPS) is 11.4. The average molecular weight is 1110 g/mol. The van der Waals surface area contributed by atoms with Gasteiger partial charge in [-0.3, -0.25) is 0 Å². The predicted molar refractivity (Wildman–Crippen MR) is 327 cm³/mol. The Hall–Kier alpha value is -6.69. The Labute approximate surface area is 476 Å². The summed E-state index contributed by atoms with van der Waals surface area (Å²) in [5.41, 5.74) is 9.19. The molecule has 0 spiro atoms. The van der Waals surface area contributed by atoms with Gasteiger partial charge >= 0.3 is 17.9 Å². The third-order valence-corrected chi connectivity index (χ3v) is 19.4. The van der Waals surface area contributed by atoms with E-state index in [4.69, 9.17) is 14.2 Å². The van der Waals surface area contributed by atoms with E-state index in [9.17, 15) is 14.4 Å². The number of hydrogen-bond acceptors (Lipinski definition) is 10. The molecule has 78 heavy (non-hydrogen) atoms. The van der Waals surface area contributed by atoms with Gasteiger partial charge in [-0.2, -0.15) is 0 Å². The van der Waals surface area contributed by atoms with E-state index >= 15 is 0 Å². The molecule has 0 fully saturated rings. The van der Waals surface area contributed by atoms with Crippen molar-refractivity contribution < 1.29 is 28.6 Å². The van der Waals surface area contributed by atoms with Gasteiger partial charge < -0.3 is 14.2 Å². The van der Waals surface area contributed by atoms with Gasteiger partial charge in [0.05, 0.1) is 41.9 Å². The van der Waals surface area contributed by atoms with Crippen molar-refractivity contribution in [2.75, 3.05) is 19.8 Å². The molecule has 0 aliphatic carbocycles. The monoisotopic (exact) mass is 1110 g/mol. The topological polar surface area (TPSA) is 78.9 Å². The predicted octanol–water partition coefficient (Wildman–Crippen LogP) is 19.4. The number of hydrogen-bond donors (Lipinski definition) is 0. The fourth-order valence-electron chi connectivity index (χ4n) is 10.3. The van der Waals surface area contributed by atoms with Gasteiger partial charge in [0.1, 0.15) is 0 Å². The first-order chi connectivity index (χ1) is 38.2. The van der Waals surface area contributed by atoms with Crippen LogP contribution in [0.25, 0.3) is 50.1 Å². The van der Waals surface area contributed by atoms with Crippen LogP contribution in [0.1, 0.15) is 150 Å². The molecular weight excluding hydrogens is 1040 g/mol. The standard InChI is InChI=1S/C68H68O6S4/c1-6-11-13-16-22-51-44-61(46-20-18-15-19-21-46)77-63(51)59-42-40-57(75-59)58-41-43-60(76-58)64-52(23-17-14-12-7-2)45-62(78-64)47-24-32-53(33-25-47)68(54-34-26-48(27-35-54)65(69)72-8-3,55-36-28-49(29-37-55)66(70)73-9-4)56-38-30-50(31-39-56)67(71)74-10-5/h15,18-21,24-45H,6-14,16-17,22-23H2,1-5H3. The largest absolute Gasteiger partial charge is 0.462 e. The third kappa shape index (κ3) is 12.6. The molecule has 4 heterocycles. The summed E-state index contributed by atoms with van der Waals surface area (Å²) in [6, 6.07) is 56.4. The zero-order valence-corrected chi connectivity index (χ0v) is 48.6. The molecule has 0 aliphatic rings. The highest BCUT2D eigenvalue weighted by Crippen LogP contribution is 2.50. The molecule has 0 saturated heterocycles. The number of benzene rings is 5. The van der Waals surface area contributed by atoms with Crippen LogP contribution >= 0.6 is 45.3 Å². The van der Waals surface area contributed by atoms with Gasteiger partial charge in [-0.15, -0.1) is 45.3 Å². The summed E-state index contributed by atoms with van der Waals surface area (Å²) in [4.78, 5) is 49.5. The lowest BCUT2D eigenvalue weighted by atomic mass is 9.64. The Morgan fingerprint density at radius 3 is 1.06 bits per heavy atom. The maximum atomic E-state index is 13.0. The maximum absolute atomic E-state index is 13.0. The molecule has 0 radical (unpaired) electrons. The van der Waals surface area contributed by atoms with Crippen LogP contribution in [0.3, 0.4) is 0 Å². The fraction of sp³-hybridized carbons (Fsp3) is 0.279. The average Bonchev–Trinajstić information content (AvgIpc) is 4.42. The molecule has 0 amide bonds. The first-order valence-electron chi connectivity index (χ1n) is 27.6. The minimum Gasteiger partial charge on any atom is -0.462 e. The van der Waals surface area contributed by atoms with Crippen LogP contribution in [-0.4, -0.2) is 37.7 Å². The van der Waals surface area contributed by atoms with Crippen molar-refractivity contribution in [3.63, 3.8) is 0 Å². The summed E-state index contributed by atoms with van der Waals surface area (Å²) >= 11 is 7.60. The van der Waals surface area contributed by atoms with E-state index in [1.165, 1.54) is 101 Å². The number of rotatable bonds is 25. The number of ether oxygens (including phenoxy) is 3. The molecule has 0 unspecified atom stereocenters. The first kappa shape index (κ1) is 56.0. The van der Waals surface area contributed by atoms with E-state index in [1.54, 1.807) is 57.2 Å². The second kappa shape index (κ2) is 26.8. The molecule has 0 bridgehead atoms. The lowest BCUT2D eigenvalue weighted by Crippen LogP contribution is -2.31. The molecular formula is C68H68O6S4. The molecule has 4 aromatic heterocycles. The quantitative estimate of drug-likeness (QED) is 0.0246. The van der Waals surface area contributed by atoms with Crippen LogP contribution in [-0.2, 0) is 32.5 Å². The molecule has 0 atom stereocenters. The van der Waals surface area contributed by atoms with E-state index in [1.807, 2.05) is 81.7 Å². The van der Waals surface area contributed by atoms with Crippen LogP contribution < -0.4 is 0 Å². The minimum absolute atomic E-state index is 0.264. The van der Waals surface area contributed by atoms with Gasteiger partial charge in [-0.05, 0) is 164 Å². The number of esters is 3. The van der Waals surface area contributed by atoms with E-state index in [0.717, 1.165) is 47.1 Å². The molecule has 0 N–H and O–H groups in total. The van der Waals surface area contributed by atoms with Crippen molar-refractivity contribution in [3.05, 3.63) is 214 Å². The van der Waals surface area contributed by atoms with E-state index < -0.39 is 23.3 Å². The second-order valence-corrected chi connectivity index (χ2v) is 23.7. The molecule has 9 rings (SSSR count). The smallest absolute Gasteiger partial charge is 0.338 e. The number of thiophene rings is 4. The van der Waals surface area contributed by atoms with Gasteiger partial charge in [-0.25, -0.2) is 14.4 Å².